The Morgan fingerprint density at radius 2 is 1.88 bits per heavy atom. The Kier molecular flexibility index (Phi) is 6.80. The Labute approximate surface area is 147 Å². The highest BCUT2D eigenvalue weighted by Crippen LogP contribution is 2.23. The number of hydrogen-bond acceptors (Lipinski definition) is 4. The van der Waals surface area contributed by atoms with E-state index in [1.807, 2.05) is 0 Å². The van der Waals surface area contributed by atoms with Crippen molar-refractivity contribution in [1.82, 2.24) is 10.2 Å². The zero-order valence-electron chi connectivity index (χ0n) is 13.2. The topological polar surface area (TPSA) is 41.6 Å². The normalized spacial score (nSPS) is 18.0. The molecule has 1 aromatic rings. The van der Waals surface area contributed by atoms with Crippen LogP contribution in [0.2, 0.25) is 0 Å². The monoisotopic (exact) mass is 380 g/mol. The van der Waals surface area contributed by atoms with Gasteiger partial charge in [0, 0.05) is 25.7 Å². The van der Waals surface area contributed by atoms with Crippen LogP contribution in [0.3, 0.4) is 0 Å². The van der Waals surface area contributed by atoms with Gasteiger partial charge in [0.1, 0.15) is 11.0 Å². The van der Waals surface area contributed by atoms with Crippen molar-refractivity contribution in [2.75, 3.05) is 32.8 Å². The smallest absolute Gasteiger partial charge is 0.379 e. The minimum absolute atomic E-state index is 0.159. The van der Waals surface area contributed by atoms with Crippen LogP contribution in [-0.2, 0) is 9.53 Å². The number of nitrogens with one attached hydrogen (secondary N) is 1. The van der Waals surface area contributed by atoms with Gasteiger partial charge < -0.3 is 10.1 Å². The van der Waals surface area contributed by atoms with Crippen molar-refractivity contribution in [2.45, 2.75) is 12.2 Å². The van der Waals surface area contributed by atoms with Crippen LogP contribution in [0.5, 0.6) is 0 Å². The molecule has 0 aromatic heterocycles. The van der Waals surface area contributed by atoms with E-state index < -0.39 is 17.1 Å². The molecule has 1 N–H and O–H groups in total. The summed E-state index contributed by atoms with van der Waals surface area (Å²) < 4.78 is 55.2. The summed E-state index contributed by atoms with van der Waals surface area (Å²) in [5.41, 5.74) is 0.780. The average molecular weight is 381 g/mol. The van der Waals surface area contributed by atoms with E-state index in [4.69, 9.17) is 16.3 Å². The van der Waals surface area contributed by atoms with Crippen LogP contribution in [0.1, 0.15) is 11.6 Å². The summed E-state index contributed by atoms with van der Waals surface area (Å²) in [5.74, 6) is -2.42. The Morgan fingerprint density at radius 1 is 1.28 bits per heavy atom. The van der Waals surface area contributed by atoms with E-state index in [1.165, 1.54) is 12.1 Å². The number of benzene rings is 1. The SMILES string of the molecule is O=C(/C=C(\Cl)NC[C@@H](c1ccc(F)cc1)N1CCOCC1)C(F)(F)F. The highest BCUT2D eigenvalue weighted by Gasteiger charge is 2.36. The molecule has 0 aliphatic carbocycles. The van der Waals surface area contributed by atoms with Gasteiger partial charge in [-0.25, -0.2) is 4.39 Å². The number of ether oxygens (including phenoxy) is 1. The zero-order chi connectivity index (χ0) is 18.4. The van der Waals surface area contributed by atoms with Gasteiger partial charge in [0.2, 0.25) is 0 Å². The third kappa shape index (κ3) is 5.98. The Bertz CT molecular complexity index is 614. The van der Waals surface area contributed by atoms with E-state index in [9.17, 15) is 22.4 Å². The quantitative estimate of drug-likeness (QED) is 0.468. The standard InChI is InChI=1S/C16H17ClF4N2O2/c17-15(9-14(24)16(19,20)21)22-10-13(23-5-7-25-8-6-23)11-1-3-12(18)4-2-11/h1-4,9,13,22H,5-8,10H2/b15-9+/t13-/m0/s1. The molecule has 1 fully saturated rings. The Balaban J connectivity index is 2.09. The number of halogens is 5. The van der Waals surface area contributed by atoms with Crippen molar-refractivity contribution in [2.24, 2.45) is 0 Å². The van der Waals surface area contributed by atoms with Gasteiger partial charge in [0.15, 0.2) is 0 Å². The van der Waals surface area contributed by atoms with Crippen LogP contribution >= 0.6 is 11.6 Å². The van der Waals surface area contributed by atoms with E-state index in [1.54, 1.807) is 12.1 Å². The molecule has 138 valence electrons. The number of carbonyl (C=O) groups is 1. The highest BCUT2D eigenvalue weighted by atomic mass is 35.5. The van der Waals surface area contributed by atoms with Gasteiger partial charge in [-0.2, -0.15) is 13.2 Å². The lowest BCUT2D eigenvalue weighted by Crippen LogP contribution is -2.42. The molecule has 4 nitrogen and oxygen atoms in total. The maximum absolute atomic E-state index is 13.1. The number of nitrogens with zero attached hydrogens (tertiary/aromatic N) is 1. The van der Waals surface area contributed by atoms with Crippen molar-refractivity contribution in [1.29, 1.82) is 0 Å². The van der Waals surface area contributed by atoms with Crippen molar-refractivity contribution in [3.8, 4) is 0 Å². The van der Waals surface area contributed by atoms with Crippen LogP contribution in [-0.4, -0.2) is 49.7 Å². The predicted molar refractivity (Wildman–Crippen MR) is 84.5 cm³/mol. The molecule has 1 aliphatic heterocycles. The minimum Gasteiger partial charge on any atom is -0.379 e. The molecule has 0 amide bonds. The lowest BCUT2D eigenvalue weighted by atomic mass is 10.0. The second kappa shape index (κ2) is 8.64. The van der Waals surface area contributed by atoms with E-state index in [-0.39, 0.29) is 18.4 Å². The van der Waals surface area contributed by atoms with Crippen LogP contribution in [0, 0.1) is 5.82 Å². The molecule has 0 radical (unpaired) electrons. The number of ketones is 1. The first-order chi connectivity index (χ1) is 11.8. The zero-order valence-corrected chi connectivity index (χ0v) is 13.9. The van der Waals surface area contributed by atoms with Gasteiger partial charge in [-0.05, 0) is 17.7 Å². The van der Waals surface area contributed by atoms with E-state index >= 15 is 0 Å². The van der Waals surface area contributed by atoms with Crippen molar-refractivity contribution < 1.29 is 27.1 Å². The third-order valence-electron chi connectivity index (χ3n) is 3.74. The molecule has 1 heterocycles. The van der Waals surface area contributed by atoms with Gasteiger partial charge in [0.05, 0.1) is 19.3 Å². The fraction of sp³-hybridized carbons (Fsp3) is 0.438. The van der Waals surface area contributed by atoms with Gasteiger partial charge >= 0.3 is 6.18 Å². The molecule has 1 atom stereocenters. The first kappa shape index (κ1) is 19.7. The third-order valence-corrected chi connectivity index (χ3v) is 3.99. The number of carbonyl (C=O) groups excluding carboxylic acids is 1. The molecule has 0 spiro atoms. The fourth-order valence-corrected chi connectivity index (χ4v) is 2.65. The number of morpholine rings is 1. The summed E-state index contributed by atoms with van der Waals surface area (Å²) in [6.45, 7) is 2.44. The number of hydrogen-bond donors (Lipinski definition) is 1. The van der Waals surface area contributed by atoms with Crippen LogP contribution in [0.15, 0.2) is 35.5 Å². The second-order valence-corrected chi connectivity index (χ2v) is 5.86. The van der Waals surface area contributed by atoms with Gasteiger partial charge in [0.25, 0.3) is 5.78 Å². The minimum atomic E-state index is -4.97. The second-order valence-electron chi connectivity index (χ2n) is 5.45. The van der Waals surface area contributed by atoms with Gasteiger partial charge in [-0.15, -0.1) is 0 Å². The summed E-state index contributed by atoms with van der Waals surface area (Å²) in [6, 6.07) is 5.58. The lowest BCUT2D eigenvalue weighted by Gasteiger charge is -2.35. The predicted octanol–water partition coefficient (Wildman–Crippen LogP) is 3.00. The number of rotatable bonds is 6. The van der Waals surface area contributed by atoms with Crippen molar-refractivity contribution >= 4 is 17.4 Å². The van der Waals surface area contributed by atoms with Crippen LogP contribution < -0.4 is 5.32 Å². The van der Waals surface area contributed by atoms with Crippen LogP contribution in [0.25, 0.3) is 0 Å². The van der Waals surface area contributed by atoms with Crippen molar-refractivity contribution in [3.05, 3.63) is 46.9 Å². The maximum Gasteiger partial charge on any atom is 0.454 e. The fourth-order valence-electron chi connectivity index (χ4n) is 2.47. The average Bonchev–Trinajstić information content (AvgIpc) is 2.56. The number of alkyl halides is 3. The molecule has 1 saturated heterocycles. The number of allylic oxidation sites excluding steroid dienone is 1. The largest absolute Gasteiger partial charge is 0.454 e. The molecule has 9 heteroatoms. The summed E-state index contributed by atoms with van der Waals surface area (Å²) >= 11 is 5.70. The summed E-state index contributed by atoms with van der Waals surface area (Å²) in [5, 5.41) is 2.23. The van der Waals surface area contributed by atoms with E-state index in [0.29, 0.717) is 32.4 Å². The molecule has 2 rings (SSSR count). The molecule has 25 heavy (non-hydrogen) atoms. The van der Waals surface area contributed by atoms with Crippen molar-refractivity contribution in [3.63, 3.8) is 0 Å². The Morgan fingerprint density at radius 3 is 2.44 bits per heavy atom. The van der Waals surface area contributed by atoms with Gasteiger partial charge in [-0.1, -0.05) is 23.7 Å². The molecule has 0 bridgehead atoms. The highest BCUT2D eigenvalue weighted by molar-refractivity contribution is 6.30. The summed E-state index contributed by atoms with van der Waals surface area (Å²) in [4.78, 5) is 13.0. The summed E-state index contributed by atoms with van der Waals surface area (Å²) in [6.07, 6.45) is -4.66. The molecule has 0 unspecified atom stereocenters. The molecule has 0 saturated carbocycles. The molecular weight excluding hydrogens is 364 g/mol. The van der Waals surface area contributed by atoms with E-state index in [2.05, 4.69) is 10.2 Å². The van der Waals surface area contributed by atoms with E-state index in [0.717, 1.165) is 5.56 Å². The first-order valence-corrected chi connectivity index (χ1v) is 7.94. The molecule has 1 aliphatic rings. The molecule has 1 aromatic carbocycles. The summed E-state index contributed by atoms with van der Waals surface area (Å²) in [7, 11) is 0. The first-order valence-electron chi connectivity index (χ1n) is 7.57. The van der Waals surface area contributed by atoms with Gasteiger partial charge in [-0.3, -0.25) is 9.69 Å². The van der Waals surface area contributed by atoms with Crippen LogP contribution in [0.4, 0.5) is 17.6 Å². The molecular formula is C16H17ClF4N2O2. The lowest BCUT2D eigenvalue weighted by molar-refractivity contribution is -0.165. The Hall–Kier alpha value is -1.64. The maximum atomic E-state index is 13.1.